The van der Waals surface area contributed by atoms with Crippen LogP contribution in [0.5, 0.6) is 0 Å². The van der Waals surface area contributed by atoms with Gasteiger partial charge in [0.2, 0.25) is 0 Å². The highest BCUT2D eigenvalue weighted by atomic mass is 16.1. The average Bonchev–Trinajstić information content (AvgIpc) is 2.91. The number of rotatable bonds is 0. The van der Waals surface area contributed by atoms with Crippen LogP contribution in [0, 0.1) is 0 Å². The molecule has 1 nitrogen and oxygen atoms in total. The Bertz CT molecular complexity index is 1210. The number of allylic oxidation sites excluding steroid dienone is 2. The maximum atomic E-state index is 12.4. The van der Waals surface area contributed by atoms with Crippen LogP contribution in [-0.2, 0) is 17.6 Å². The van der Waals surface area contributed by atoms with Crippen molar-refractivity contribution in [3.05, 3.63) is 82.2 Å². The highest BCUT2D eigenvalue weighted by Crippen LogP contribution is 2.34. The van der Waals surface area contributed by atoms with Gasteiger partial charge in [-0.05, 0) is 62.7 Å². The molecule has 0 N–H and O–H groups in total. The minimum absolute atomic E-state index is 0.368. The van der Waals surface area contributed by atoms with Crippen LogP contribution in [0.1, 0.15) is 30.4 Å². The van der Waals surface area contributed by atoms with Gasteiger partial charge in [0.25, 0.3) is 0 Å². The molecule has 0 bridgehead atoms. The first-order valence-corrected chi connectivity index (χ1v) is 9.83. The predicted molar refractivity (Wildman–Crippen MR) is 113 cm³/mol. The summed E-state index contributed by atoms with van der Waals surface area (Å²) in [6.45, 7) is 0. The molecule has 0 saturated carbocycles. The van der Waals surface area contributed by atoms with Crippen LogP contribution in [0.4, 0.5) is 0 Å². The van der Waals surface area contributed by atoms with Gasteiger partial charge in [0.1, 0.15) is 5.78 Å². The van der Waals surface area contributed by atoms with Gasteiger partial charge in [-0.1, -0.05) is 72.8 Å². The quantitative estimate of drug-likeness (QED) is 0.584. The predicted octanol–water partition coefficient (Wildman–Crippen LogP) is 4.48. The number of Topliss-reactive ketones (excluding diaryl/α,β-unsaturated/α-hetero) is 1. The molecular weight excluding hydrogens is 328 g/mol. The fraction of sp³-hybridized carbons (Fsp3) is 0.192. The monoisotopic (exact) mass is 350 g/mol. The Balaban J connectivity index is 1.97. The number of benzene rings is 3. The number of ketones is 1. The van der Waals surface area contributed by atoms with Crippen molar-refractivity contribution in [2.24, 2.45) is 0 Å². The van der Waals surface area contributed by atoms with Crippen LogP contribution in [-0.4, -0.2) is 5.78 Å². The minimum Gasteiger partial charge on any atom is -0.300 e. The zero-order valence-electron chi connectivity index (χ0n) is 15.4. The Morgan fingerprint density at radius 3 is 2.41 bits per heavy atom. The molecule has 0 fully saturated rings. The molecule has 0 spiro atoms. The lowest BCUT2D eigenvalue weighted by Gasteiger charge is -2.17. The Kier molecular flexibility index (Phi) is 4.01. The summed E-state index contributed by atoms with van der Waals surface area (Å²) in [6, 6.07) is 17.5. The summed E-state index contributed by atoms with van der Waals surface area (Å²) >= 11 is 0. The van der Waals surface area contributed by atoms with E-state index in [1.165, 1.54) is 43.5 Å². The zero-order valence-corrected chi connectivity index (χ0v) is 15.4. The van der Waals surface area contributed by atoms with Gasteiger partial charge in [-0.2, -0.15) is 0 Å². The summed E-state index contributed by atoms with van der Waals surface area (Å²) in [7, 11) is 0. The molecule has 0 radical (unpaired) electrons. The van der Waals surface area contributed by atoms with E-state index in [4.69, 9.17) is 0 Å². The molecule has 0 saturated heterocycles. The van der Waals surface area contributed by atoms with Gasteiger partial charge >= 0.3 is 0 Å². The number of carbonyl (C=O) groups excluding carboxylic acids is 1. The molecule has 0 atom stereocenters. The van der Waals surface area contributed by atoms with E-state index < -0.39 is 0 Å². The Morgan fingerprint density at radius 1 is 0.741 bits per heavy atom. The largest absolute Gasteiger partial charge is 0.300 e. The second-order valence-electron chi connectivity index (χ2n) is 7.50. The molecule has 1 heteroatoms. The smallest absolute Gasteiger partial charge is 0.133 e. The summed E-state index contributed by atoms with van der Waals surface area (Å²) in [5, 5.41) is 5.15. The molecule has 132 valence electrons. The molecule has 0 heterocycles. The van der Waals surface area contributed by atoms with E-state index in [1.54, 1.807) is 0 Å². The van der Waals surface area contributed by atoms with Gasteiger partial charge < -0.3 is 0 Å². The lowest BCUT2D eigenvalue weighted by Crippen LogP contribution is -2.28. The fourth-order valence-corrected chi connectivity index (χ4v) is 4.47. The highest BCUT2D eigenvalue weighted by molar-refractivity contribution is 6.00. The van der Waals surface area contributed by atoms with Crippen molar-refractivity contribution in [3.63, 3.8) is 0 Å². The van der Waals surface area contributed by atoms with Gasteiger partial charge in [-0.3, -0.25) is 4.79 Å². The number of carbonyl (C=O) groups is 1. The summed E-state index contributed by atoms with van der Waals surface area (Å²) < 4.78 is 0. The highest BCUT2D eigenvalue weighted by Gasteiger charge is 2.19. The zero-order chi connectivity index (χ0) is 18.2. The van der Waals surface area contributed by atoms with E-state index in [1.807, 2.05) is 0 Å². The molecule has 2 aliphatic carbocycles. The second-order valence-corrected chi connectivity index (χ2v) is 7.50. The number of hydrogen-bond donors (Lipinski definition) is 0. The number of hydrogen-bond acceptors (Lipinski definition) is 1. The molecule has 27 heavy (non-hydrogen) atoms. The molecule has 3 aromatic rings. The third-order valence-corrected chi connectivity index (χ3v) is 5.85. The van der Waals surface area contributed by atoms with Crippen molar-refractivity contribution in [2.75, 3.05) is 0 Å². The van der Waals surface area contributed by atoms with Gasteiger partial charge in [0.15, 0.2) is 0 Å². The maximum absolute atomic E-state index is 12.4. The SMILES string of the molecule is O=C1CCc2ccc3c(c2-c2c(ccc4ccccc24)CC1)=CC=CCC=3. The van der Waals surface area contributed by atoms with E-state index in [0.717, 1.165) is 19.3 Å². The van der Waals surface area contributed by atoms with Crippen molar-refractivity contribution in [1.82, 2.24) is 0 Å². The molecule has 0 amide bonds. The number of fused-ring (bicyclic) bond motifs is 7. The Labute approximate surface area is 159 Å². The van der Waals surface area contributed by atoms with Crippen molar-refractivity contribution < 1.29 is 4.79 Å². The summed E-state index contributed by atoms with van der Waals surface area (Å²) in [6.07, 6.45) is 12.8. The Hall–Kier alpha value is -2.93. The standard InChI is InChI=1S/C26H22O/c27-22-16-14-20-12-10-18-6-2-1-3-8-23(18)25(20)26-21(15-17-22)13-11-19-7-4-5-9-24(19)26/h1,3-13H,2,14-17H2. The van der Waals surface area contributed by atoms with Crippen LogP contribution < -0.4 is 10.4 Å². The topological polar surface area (TPSA) is 17.1 Å². The van der Waals surface area contributed by atoms with Crippen molar-refractivity contribution in [1.29, 1.82) is 0 Å². The van der Waals surface area contributed by atoms with Crippen LogP contribution in [0.2, 0.25) is 0 Å². The molecule has 0 unspecified atom stereocenters. The lowest BCUT2D eigenvalue weighted by atomic mass is 9.87. The first-order chi connectivity index (χ1) is 13.3. The lowest BCUT2D eigenvalue weighted by molar-refractivity contribution is -0.119. The molecule has 0 aliphatic heterocycles. The maximum Gasteiger partial charge on any atom is 0.133 e. The van der Waals surface area contributed by atoms with Crippen LogP contribution in [0.3, 0.4) is 0 Å². The van der Waals surface area contributed by atoms with E-state index in [2.05, 4.69) is 72.8 Å². The minimum atomic E-state index is 0.368. The first kappa shape index (κ1) is 16.3. The van der Waals surface area contributed by atoms with E-state index >= 15 is 0 Å². The van der Waals surface area contributed by atoms with E-state index in [-0.39, 0.29) is 0 Å². The van der Waals surface area contributed by atoms with Crippen LogP contribution in [0.15, 0.2) is 60.7 Å². The summed E-state index contributed by atoms with van der Waals surface area (Å²) in [5.74, 6) is 0.368. The molecule has 5 rings (SSSR count). The van der Waals surface area contributed by atoms with Gasteiger partial charge in [-0.25, -0.2) is 0 Å². The molecular formula is C26H22O. The third-order valence-electron chi connectivity index (χ3n) is 5.85. The van der Waals surface area contributed by atoms with Crippen molar-refractivity contribution >= 4 is 28.7 Å². The second kappa shape index (κ2) is 6.66. The van der Waals surface area contributed by atoms with E-state index in [9.17, 15) is 4.79 Å². The number of aryl methyl sites for hydroxylation is 2. The van der Waals surface area contributed by atoms with Crippen LogP contribution in [0.25, 0.3) is 34.1 Å². The average molecular weight is 350 g/mol. The van der Waals surface area contributed by atoms with Gasteiger partial charge in [0, 0.05) is 12.8 Å². The van der Waals surface area contributed by atoms with Crippen molar-refractivity contribution in [3.8, 4) is 11.1 Å². The molecule has 3 aromatic carbocycles. The van der Waals surface area contributed by atoms with Crippen LogP contribution >= 0.6 is 0 Å². The summed E-state index contributed by atoms with van der Waals surface area (Å²) in [5.41, 5.74) is 5.24. The molecule has 0 aromatic heterocycles. The van der Waals surface area contributed by atoms with Gasteiger partial charge in [-0.15, -0.1) is 0 Å². The fourth-order valence-electron chi connectivity index (χ4n) is 4.47. The third kappa shape index (κ3) is 2.84. The Morgan fingerprint density at radius 2 is 1.52 bits per heavy atom. The first-order valence-electron chi connectivity index (χ1n) is 9.83. The van der Waals surface area contributed by atoms with Gasteiger partial charge in [0.05, 0.1) is 0 Å². The normalized spacial score (nSPS) is 15.9. The molecule has 2 aliphatic rings. The van der Waals surface area contributed by atoms with Crippen molar-refractivity contribution in [2.45, 2.75) is 32.1 Å². The summed E-state index contributed by atoms with van der Waals surface area (Å²) in [4.78, 5) is 12.4. The van der Waals surface area contributed by atoms with E-state index in [0.29, 0.717) is 18.6 Å².